The molecule has 5 amide bonds. The molecule has 1 aromatic carbocycles. The number of hydrogen-bond donors (Lipinski definition) is 1. The lowest BCUT2D eigenvalue weighted by Gasteiger charge is -2.19. The van der Waals surface area contributed by atoms with Gasteiger partial charge in [-0.3, -0.25) is 24.2 Å². The van der Waals surface area contributed by atoms with Crippen molar-refractivity contribution in [1.29, 1.82) is 0 Å². The van der Waals surface area contributed by atoms with Crippen LogP contribution in [0.5, 0.6) is 0 Å². The lowest BCUT2D eigenvalue weighted by atomic mass is 10.2. The number of carbonyl (C=O) groups excluding carboxylic acids is 5. The number of esters is 1. The van der Waals surface area contributed by atoms with E-state index in [2.05, 4.69) is 5.32 Å². The number of amides is 5. The number of imide groups is 2. The summed E-state index contributed by atoms with van der Waals surface area (Å²) in [5.74, 6) is -2.06. The minimum absolute atomic E-state index is 0.0977. The Kier molecular flexibility index (Phi) is 4.70. The average Bonchev–Trinajstić information content (AvgIpc) is 3.19. The summed E-state index contributed by atoms with van der Waals surface area (Å²) in [6.07, 6.45) is -0.876. The van der Waals surface area contributed by atoms with Crippen LogP contribution in [0, 0.1) is 0 Å². The summed E-state index contributed by atoms with van der Waals surface area (Å²) in [7, 11) is 0. The molecule has 1 N–H and O–H groups in total. The van der Waals surface area contributed by atoms with Crippen LogP contribution in [0.2, 0.25) is 0 Å². The molecule has 2 heterocycles. The quantitative estimate of drug-likeness (QED) is 0.616. The molecule has 0 spiro atoms. The Labute approximate surface area is 148 Å². The minimum Gasteiger partial charge on any atom is -0.449 e. The summed E-state index contributed by atoms with van der Waals surface area (Å²) < 4.78 is 5.13. The molecule has 136 valence electrons. The first-order chi connectivity index (χ1) is 12.4. The molecular formula is C17H17N3O6. The van der Waals surface area contributed by atoms with Gasteiger partial charge in [-0.1, -0.05) is 6.07 Å². The summed E-state index contributed by atoms with van der Waals surface area (Å²) in [5.41, 5.74) is 0.380. The highest BCUT2D eigenvalue weighted by atomic mass is 16.5. The van der Waals surface area contributed by atoms with Gasteiger partial charge in [-0.05, 0) is 25.1 Å². The summed E-state index contributed by atoms with van der Waals surface area (Å²) in [6, 6.07) is 5.36. The molecular weight excluding hydrogens is 342 g/mol. The first-order valence-corrected chi connectivity index (χ1v) is 8.14. The molecule has 2 aliphatic rings. The Morgan fingerprint density at radius 2 is 1.85 bits per heavy atom. The van der Waals surface area contributed by atoms with E-state index in [0.717, 1.165) is 9.80 Å². The van der Waals surface area contributed by atoms with Crippen LogP contribution in [-0.2, 0) is 19.1 Å². The molecule has 0 radical (unpaired) electrons. The number of anilines is 1. The van der Waals surface area contributed by atoms with E-state index in [0.29, 0.717) is 6.54 Å². The van der Waals surface area contributed by atoms with Gasteiger partial charge in [0.15, 0.2) is 6.10 Å². The first-order valence-electron chi connectivity index (χ1n) is 8.14. The van der Waals surface area contributed by atoms with E-state index in [1.54, 1.807) is 6.07 Å². The average molecular weight is 359 g/mol. The molecule has 3 rings (SSSR count). The van der Waals surface area contributed by atoms with Crippen LogP contribution in [0.4, 0.5) is 10.5 Å². The van der Waals surface area contributed by atoms with Crippen molar-refractivity contribution in [2.45, 2.75) is 25.9 Å². The summed E-state index contributed by atoms with van der Waals surface area (Å²) >= 11 is 0. The van der Waals surface area contributed by atoms with Crippen LogP contribution in [0.3, 0.4) is 0 Å². The van der Waals surface area contributed by atoms with Gasteiger partial charge >= 0.3 is 12.0 Å². The van der Waals surface area contributed by atoms with Gasteiger partial charge in [-0.25, -0.2) is 9.59 Å². The molecule has 1 aromatic rings. The fraction of sp³-hybridized carbons (Fsp3) is 0.353. The van der Waals surface area contributed by atoms with E-state index in [9.17, 15) is 24.0 Å². The van der Waals surface area contributed by atoms with Crippen molar-refractivity contribution in [3.63, 3.8) is 0 Å². The highest BCUT2D eigenvalue weighted by Crippen LogP contribution is 2.23. The van der Waals surface area contributed by atoms with Gasteiger partial charge in [-0.2, -0.15) is 0 Å². The zero-order chi connectivity index (χ0) is 18.8. The van der Waals surface area contributed by atoms with Crippen LogP contribution >= 0.6 is 0 Å². The summed E-state index contributed by atoms with van der Waals surface area (Å²) in [6.45, 7) is 1.95. The van der Waals surface area contributed by atoms with Gasteiger partial charge in [-0.15, -0.1) is 0 Å². The van der Waals surface area contributed by atoms with Crippen molar-refractivity contribution < 1.29 is 28.7 Å². The molecule has 9 nitrogen and oxygen atoms in total. The third-order valence-corrected chi connectivity index (χ3v) is 4.15. The maximum atomic E-state index is 12.3. The second-order valence-corrected chi connectivity index (χ2v) is 5.94. The van der Waals surface area contributed by atoms with E-state index in [1.807, 2.05) is 0 Å². The van der Waals surface area contributed by atoms with Crippen molar-refractivity contribution in [3.8, 4) is 0 Å². The number of carbonyl (C=O) groups is 5. The normalized spacial score (nSPS) is 18.1. The SMILES string of the molecule is C[C@H](OC(=O)c1cccc(N2C(=O)CCC2=O)c1)C(=O)N1CCNC1=O. The molecule has 0 saturated carbocycles. The Hall–Kier alpha value is -3.23. The predicted molar refractivity (Wildman–Crippen MR) is 88.2 cm³/mol. The fourth-order valence-corrected chi connectivity index (χ4v) is 2.82. The van der Waals surface area contributed by atoms with Crippen molar-refractivity contribution in [2.24, 2.45) is 0 Å². The lowest BCUT2D eigenvalue weighted by molar-refractivity contribution is -0.136. The molecule has 0 bridgehead atoms. The second-order valence-electron chi connectivity index (χ2n) is 5.94. The minimum atomic E-state index is -1.15. The second kappa shape index (κ2) is 6.95. The maximum absolute atomic E-state index is 12.3. The van der Waals surface area contributed by atoms with Crippen LogP contribution in [0.25, 0.3) is 0 Å². The summed E-state index contributed by atoms with van der Waals surface area (Å²) in [5, 5.41) is 2.49. The molecule has 2 aliphatic heterocycles. The van der Waals surface area contributed by atoms with Gasteiger partial charge in [0.2, 0.25) is 11.8 Å². The zero-order valence-electron chi connectivity index (χ0n) is 14.1. The van der Waals surface area contributed by atoms with Crippen LogP contribution in [0.15, 0.2) is 24.3 Å². The Morgan fingerprint density at radius 1 is 1.15 bits per heavy atom. The topological polar surface area (TPSA) is 113 Å². The molecule has 26 heavy (non-hydrogen) atoms. The first kappa shape index (κ1) is 17.6. The predicted octanol–water partition coefficient (Wildman–Crippen LogP) is 0.437. The zero-order valence-corrected chi connectivity index (χ0v) is 14.1. The summed E-state index contributed by atoms with van der Waals surface area (Å²) in [4.78, 5) is 61.6. The van der Waals surface area contributed by atoms with Gasteiger partial charge < -0.3 is 10.1 Å². The smallest absolute Gasteiger partial charge is 0.338 e. The van der Waals surface area contributed by atoms with Crippen molar-refractivity contribution in [2.75, 3.05) is 18.0 Å². The van der Waals surface area contributed by atoms with E-state index >= 15 is 0 Å². The van der Waals surface area contributed by atoms with E-state index < -0.39 is 24.0 Å². The molecule has 0 aliphatic carbocycles. The van der Waals surface area contributed by atoms with Gasteiger partial charge in [0, 0.05) is 25.9 Å². The number of benzene rings is 1. The number of urea groups is 1. The third-order valence-electron chi connectivity index (χ3n) is 4.15. The van der Waals surface area contributed by atoms with E-state index in [4.69, 9.17) is 4.74 Å². The standard InChI is InChI=1S/C17H17N3O6/c1-10(15(23)19-8-7-18-17(19)25)26-16(24)11-3-2-4-12(9-11)20-13(21)5-6-14(20)22/h2-4,9-10H,5-8H2,1H3,(H,18,25)/t10-/m0/s1. The largest absolute Gasteiger partial charge is 0.449 e. The van der Waals surface area contributed by atoms with Gasteiger partial charge in [0.1, 0.15) is 0 Å². The van der Waals surface area contributed by atoms with Gasteiger partial charge in [0.25, 0.3) is 5.91 Å². The molecule has 1 atom stereocenters. The number of ether oxygens (including phenoxy) is 1. The number of nitrogens with one attached hydrogen (secondary N) is 1. The lowest BCUT2D eigenvalue weighted by Crippen LogP contribution is -2.41. The van der Waals surface area contributed by atoms with Crippen molar-refractivity contribution in [1.82, 2.24) is 10.2 Å². The van der Waals surface area contributed by atoms with E-state index in [-0.39, 0.29) is 42.5 Å². The maximum Gasteiger partial charge on any atom is 0.338 e. The molecule has 0 aromatic heterocycles. The highest BCUT2D eigenvalue weighted by Gasteiger charge is 2.33. The van der Waals surface area contributed by atoms with Gasteiger partial charge in [0.05, 0.1) is 11.3 Å². The number of hydrogen-bond acceptors (Lipinski definition) is 6. The Bertz CT molecular complexity index is 789. The molecule has 2 fully saturated rings. The number of nitrogens with zero attached hydrogens (tertiary/aromatic N) is 2. The highest BCUT2D eigenvalue weighted by molar-refractivity contribution is 6.20. The molecule has 9 heteroatoms. The van der Waals surface area contributed by atoms with Crippen LogP contribution in [-0.4, -0.2) is 53.8 Å². The fourth-order valence-electron chi connectivity index (χ4n) is 2.82. The van der Waals surface area contributed by atoms with Crippen molar-refractivity contribution >= 4 is 35.4 Å². The monoisotopic (exact) mass is 359 g/mol. The molecule has 0 unspecified atom stereocenters. The van der Waals surface area contributed by atoms with Crippen LogP contribution < -0.4 is 10.2 Å². The number of rotatable bonds is 4. The van der Waals surface area contributed by atoms with E-state index in [1.165, 1.54) is 25.1 Å². The third kappa shape index (κ3) is 3.28. The van der Waals surface area contributed by atoms with Crippen molar-refractivity contribution in [3.05, 3.63) is 29.8 Å². The Balaban J connectivity index is 1.71. The van der Waals surface area contributed by atoms with Crippen LogP contribution in [0.1, 0.15) is 30.1 Å². The Morgan fingerprint density at radius 3 is 2.46 bits per heavy atom. The molecule has 2 saturated heterocycles.